The largest absolute Gasteiger partial charge is 0.332 e. The molecule has 7 heteroatoms. The van der Waals surface area contributed by atoms with Crippen LogP contribution in [-0.2, 0) is 16.4 Å². The van der Waals surface area contributed by atoms with Crippen molar-refractivity contribution < 1.29 is 8.42 Å². The van der Waals surface area contributed by atoms with E-state index < -0.39 is 10.0 Å². The van der Waals surface area contributed by atoms with Crippen molar-refractivity contribution in [2.75, 3.05) is 26.2 Å². The van der Waals surface area contributed by atoms with E-state index in [0.29, 0.717) is 19.5 Å². The Morgan fingerprint density at radius 1 is 1.45 bits per heavy atom. The molecule has 1 unspecified atom stereocenters. The predicted octanol–water partition coefficient (Wildman–Crippen LogP) is 0.736. The lowest BCUT2D eigenvalue weighted by Gasteiger charge is -2.38. The highest BCUT2D eigenvalue weighted by atomic mass is 32.2. The van der Waals surface area contributed by atoms with Gasteiger partial charge in [-0.05, 0) is 31.2 Å². The predicted molar refractivity (Wildman–Crippen MR) is 75.9 cm³/mol. The quantitative estimate of drug-likeness (QED) is 0.862. The third-order valence-electron chi connectivity index (χ3n) is 4.52. The fraction of sp³-hybridized carbons (Fsp3) is 0.769. The van der Waals surface area contributed by atoms with Crippen molar-refractivity contribution in [1.82, 2.24) is 19.6 Å². The number of imidazole rings is 1. The average Bonchev–Trinajstić information content (AvgIpc) is 3.08. The lowest BCUT2D eigenvalue weighted by Crippen LogP contribution is -2.47. The molecule has 2 N–H and O–H groups in total. The standard InChI is InChI=1S/C13H22N4O2S/c1-2-11-15-8-12(16-11)20(18,19)17-7-3-4-13(10-17)5-6-14-9-13/h8,14H,2-7,9-10H2,1H3,(H,15,16). The molecule has 2 saturated heterocycles. The number of piperidine rings is 1. The van der Waals surface area contributed by atoms with Gasteiger partial charge in [-0.15, -0.1) is 0 Å². The van der Waals surface area contributed by atoms with Crippen LogP contribution in [0.5, 0.6) is 0 Å². The van der Waals surface area contributed by atoms with E-state index in [1.54, 1.807) is 4.31 Å². The molecule has 0 bridgehead atoms. The van der Waals surface area contributed by atoms with Crippen LogP contribution in [0.4, 0.5) is 0 Å². The van der Waals surface area contributed by atoms with E-state index in [4.69, 9.17) is 0 Å². The van der Waals surface area contributed by atoms with Gasteiger partial charge in [0.15, 0.2) is 5.03 Å². The molecule has 3 heterocycles. The Bertz CT molecular complexity index is 575. The molecule has 2 fully saturated rings. The smallest absolute Gasteiger partial charge is 0.260 e. The summed E-state index contributed by atoms with van der Waals surface area (Å²) in [4.78, 5) is 7.03. The number of hydrogen-bond donors (Lipinski definition) is 2. The van der Waals surface area contributed by atoms with Crippen molar-refractivity contribution in [3.63, 3.8) is 0 Å². The third kappa shape index (κ3) is 2.38. The molecule has 2 aliphatic rings. The van der Waals surface area contributed by atoms with E-state index in [9.17, 15) is 8.42 Å². The number of aromatic amines is 1. The zero-order chi connectivity index (χ0) is 14.2. The van der Waals surface area contributed by atoms with E-state index in [-0.39, 0.29) is 10.4 Å². The fourth-order valence-corrected chi connectivity index (χ4v) is 4.83. The van der Waals surface area contributed by atoms with Crippen LogP contribution in [0.15, 0.2) is 11.2 Å². The maximum absolute atomic E-state index is 12.7. The van der Waals surface area contributed by atoms with Crippen LogP contribution in [0, 0.1) is 5.41 Å². The summed E-state index contributed by atoms with van der Waals surface area (Å²) in [6.07, 6.45) is 5.29. The number of aryl methyl sites for hydroxylation is 1. The lowest BCUT2D eigenvalue weighted by atomic mass is 9.80. The molecular weight excluding hydrogens is 276 g/mol. The molecular formula is C13H22N4O2S. The van der Waals surface area contributed by atoms with Gasteiger partial charge in [0, 0.05) is 26.1 Å². The summed E-state index contributed by atoms with van der Waals surface area (Å²) in [5.41, 5.74) is 0.138. The van der Waals surface area contributed by atoms with E-state index >= 15 is 0 Å². The highest BCUT2D eigenvalue weighted by molar-refractivity contribution is 7.89. The van der Waals surface area contributed by atoms with Crippen molar-refractivity contribution >= 4 is 10.0 Å². The van der Waals surface area contributed by atoms with E-state index in [0.717, 1.165) is 38.2 Å². The van der Waals surface area contributed by atoms with Crippen molar-refractivity contribution in [2.24, 2.45) is 5.41 Å². The first-order chi connectivity index (χ1) is 9.56. The van der Waals surface area contributed by atoms with Gasteiger partial charge in [-0.25, -0.2) is 13.4 Å². The summed E-state index contributed by atoms with van der Waals surface area (Å²) < 4.78 is 27.0. The molecule has 0 saturated carbocycles. The summed E-state index contributed by atoms with van der Waals surface area (Å²) in [5.74, 6) is 0.720. The fourth-order valence-electron chi connectivity index (χ4n) is 3.30. The van der Waals surface area contributed by atoms with Crippen LogP contribution < -0.4 is 5.32 Å². The Morgan fingerprint density at radius 2 is 2.30 bits per heavy atom. The highest BCUT2D eigenvalue weighted by Gasteiger charge is 2.42. The molecule has 0 amide bonds. The summed E-state index contributed by atoms with van der Waals surface area (Å²) in [6, 6.07) is 0. The van der Waals surface area contributed by atoms with Gasteiger partial charge in [0.05, 0.1) is 6.20 Å². The molecule has 6 nitrogen and oxygen atoms in total. The Morgan fingerprint density at radius 3 is 2.95 bits per heavy atom. The van der Waals surface area contributed by atoms with Crippen molar-refractivity contribution in [2.45, 2.75) is 37.6 Å². The van der Waals surface area contributed by atoms with Gasteiger partial charge in [-0.2, -0.15) is 4.31 Å². The van der Waals surface area contributed by atoms with Crippen molar-refractivity contribution in [3.05, 3.63) is 12.0 Å². The summed E-state index contributed by atoms with van der Waals surface area (Å²) >= 11 is 0. The Hall–Kier alpha value is -0.920. The third-order valence-corrected chi connectivity index (χ3v) is 6.27. The zero-order valence-corrected chi connectivity index (χ0v) is 12.7. The lowest BCUT2D eigenvalue weighted by molar-refractivity contribution is 0.166. The number of rotatable bonds is 3. The Kier molecular flexibility index (Phi) is 3.60. The number of nitrogens with one attached hydrogen (secondary N) is 2. The van der Waals surface area contributed by atoms with Crippen molar-refractivity contribution in [1.29, 1.82) is 0 Å². The second-order valence-electron chi connectivity index (χ2n) is 5.92. The number of H-pyrrole nitrogens is 1. The summed E-state index contributed by atoms with van der Waals surface area (Å²) in [5, 5.41) is 3.60. The maximum Gasteiger partial charge on any atom is 0.260 e. The first-order valence-corrected chi connectivity index (χ1v) is 8.75. The minimum absolute atomic E-state index is 0.138. The number of hydrogen-bond acceptors (Lipinski definition) is 4. The van der Waals surface area contributed by atoms with Crippen LogP contribution in [0.3, 0.4) is 0 Å². The topological polar surface area (TPSA) is 78.1 Å². The molecule has 1 aromatic heterocycles. The molecule has 1 spiro atoms. The minimum Gasteiger partial charge on any atom is -0.332 e. The van der Waals surface area contributed by atoms with Gasteiger partial charge in [0.1, 0.15) is 5.82 Å². The van der Waals surface area contributed by atoms with Gasteiger partial charge in [-0.1, -0.05) is 6.92 Å². The molecule has 0 aliphatic carbocycles. The molecule has 1 aromatic rings. The van der Waals surface area contributed by atoms with E-state index in [1.165, 1.54) is 6.20 Å². The van der Waals surface area contributed by atoms with Crippen LogP contribution in [-0.4, -0.2) is 48.9 Å². The number of aromatic nitrogens is 2. The molecule has 2 aliphatic heterocycles. The van der Waals surface area contributed by atoms with Crippen LogP contribution in [0.25, 0.3) is 0 Å². The Labute approximate surface area is 120 Å². The molecule has 0 radical (unpaired) electrons. The average molecular weight is 298 g/mol. The molecule has 0 aromatic carbocycles. The molecule has 1 atom stereocenters. The van der Waals surface area contributed by atoms with Crippen molar-refractivity contribution in [3.8, 4) is 0 Å². The van der Waals surface area contributed by atoms with Crippen LogP contribution in [0.2, 0.25) is 0 Å². The zero-order valence-electron chi connectivity index (χ0n) is 11.9. The second kappa shape index (κ2) is 5.13. The molecule has 112 valence electrons. The first-order valence-electron chi connectivity index (χ1n) is 7.30. The summed E-state index contributed by atoms with van der Waals surface area (Å²) in [7, 11) is -3.43. The monoisotopic (exact) mass is 298 g/mol. The van der Waals surface area contributed by atoms with Gasteiger partial charge >= 0.3 is 0 Å². The highest BCUT2D eigenvalue weighted by Crippen LogP contribution is 2.37. The maximum atomic E-state index is 12.7. The second-order valence-corrected chi connectivity index (χ2v) is 7.82. The normalized spacial score (nSPS) is 28.2. The van der Waals surface area contributed by atoms with Crippen LogP contribution >= 0.6 is 0 Å². The van der Waals surface area contributed by atoms with Gasteiger partial charge in [0.2, 0.25) is 0 Å². The first kappa shape index (κ1) is 14.0. The Balaban J connectivity index is 1.83. The summed E-state index contributed by atoms with van der Waals surface area (Å²) in [6.45, 7) is 5.13. The number of nitrogens with zero attached hydrogens (tertiary/aromatic N) is 2. The molecule has 3 rings (SSSR count). The van der Waals surface area contributed by atoms with E-state index in [2.05, 4.69) is 15.3 Å². The van der Waals surface area contributed by atoms with Gasteiger partial charge in [0.25, 0.3) is 10.0 Å². The molecule has 20 heavy (non-hydrogen) atoms. The number of sulfonamides is 1. The van der Waals surface area contributed by atoms with Crippen LogP contribution in [0.1, 0.15) is 32.0 Å². The van der Waals surface area contributed by atoms with E-state index in [1.807, 2.05) is 6.92 Å². The SMILES string of the molecule is CCc1ncc(S(=O)(=O)N2CCCC3(CCNC3)C2)[nH]1. The van der Waals surface area contributed by atoms with Gasteiger partial charge in [-0.3, -0.25) is 0 Å². The van der Waals surface area contributed by atoms with Gasteiger partial charge < -0.3 is 10.3 Å². The minimum atomic E-state index is -3.43.